The van der Waals surface area contributed by atoms with Crippen molar-refractivity contribution in [3.63, 3.8) is 0 Å². The molecule has 0 saturated heterocycles. The first-order chi connectivity index (χ1) is 12.2. The van der Waals surface area contributed by atoms with Gasteiger partial charge in [-0.2, -0.15) is 5.10 Å². The van der Waals surface area contributed by atoms with E-state index in [1.807, 2.05) is 24.3 Å². The van der Waals surface area contributed by atoms with Crippen molar-refractivity contribution in [2.45, 2.75) is 19.0 Å². The lowest BCUT2D eigenvalue weighted by Gasteiger charge is -2.17. The highest BCUT2D eigenvalue weighted by molar-refractivity contribution is 5.93. The van der Waals surface area contributed by atoms with Gasteiger partial charge in [0, 0.05) is 25.6 Å². The van der Waals surface area contributed by atoms with Gasteiger partial charge in [-0.15, -0.1) is 12.4 Å². The molecular weight excluding hydrogens is 352 g/mol. The zero-order valence-corrected chi connectivity index (χ0v) is 15.0. The third-order valence-corrected chi connectivity index (χ3v) is 4.46. The van der Waals surface area contributed by atoms with Crippen molar-refractivity contribution in [2.24, 2.45) is 5.73 Å². The van der Waals surface area contributed by atoms with E-state index in [1.54, 1.807) is 10.7 Å². The fourth-order valence-electron chi connectivity index (χ4n) is 3.11. The molecule has 0 radical (unpaired) electrons. The topological polar surface area (TPSA) is 82.2 Å². The molecule has 0 bridgehead atoms. The number of ether oxygens (including phenoxy) is 1. The standard InChI is InChI=1S/C19H20N4O2.ClH/c20-12-17(15-7-6-13-4-1-2-5-14(13)10-15)21-19(24)16-11-18-23(22-16)8-3-9-25-18;/h1-2,4-7,10-11,17H,3,8-9,12,20H2,(H,21,24);1H. The minimum absolute atomic E-state index is 0. The minimum atomic E-state index is -0.267. The number of carbonyl (C=O) groups excluding carboxylic acids is 1. The molecule has 0 fully saturated rings. The van der Waals surface area contributed by atoms with Gasteiger partial charge in [0.1, 0.15) is 0 Å². The van der Waals surface area contributed by atoms with Crippen LogP contribution in [0.3, 0.4) is 0 Å². The lowest BCUT2D eigenvalue weighted by molar-refractivity contribution is 0.0932. The average Bonchev–Trinajstić information content (AvgIpc) is 3.10. The van der Waals surface area contributed by atoms with Crippen LogP contribution in [-0.2, 0) is 6.54 Å². The number of aryl methyl sites for hydroxylation is 1. The average molecular weight is 373 g/mol. The molecule has 2 heterocycles. The molecule has 0 saturated carbocycles. The summed E-state index contributed by atoms with van der Waals surface area (Å²) >= 11 is 0. The van der Waals surface area contributed by atoms with Gasteiger partial charge in [-0.1, -0.05) is 36.4 Å². The Morgan fingerprint density at radius 2 is 2.04 bits per heavy atom. The number of hydrogen-bond acceptors (Lipinski definition) is 4. The molecule has 0 aliphatic carbocycles. The summed E-state index contributed by atoms with van der Waals surface area (Å²) in [6.45, 7) is 1.75. The van der Waals surface area contributed by atoms with Gasteiger partial charge >= 0.3 is 0 Å². The number of fused-ring (bicyclic) bond motifs is 2. The third-order valence-electron chi connectivity index (χ3n) is 4.46. The highest BCUT2D eigenvalue weighted by atomic mass is 35.5. The molecule has 1 aromatic heterocycles. The Hall–Kier alpha value is -2.57. The Kier molecular flexibility index (Phi) is 5.44. The van der Waals surface area contributed by atoms with Crippen molar-refractivity contribution in [3.05, 3.63) is 59.8 Å². The SMILES string of the molecule is Cl.NCC(NC(=O)c1cc2n(n1)CCCO2)c1ccc2ccccc2c1. The molecule has 2 aromatic carbocycles. The normalized spacial score (nSPS) is 14.0. The smallest absolute Gasteiger partial charge is 0.272 e. The van der Waals surface area contributed by atoms with E-state index in [-0.39, 0.29) is 24.4 Å². The van der Waals surface area contributed by atoms with Crippen LogP contribution in [0.5, 0.6) is 5.88 Å². The number of rotatable bonds is 4. The number of nitrogens with one attached hydrogen (secondary N) is 1. The fraction of sp³-hybridized carbons (Fsp3) is 0.263. The van der Waals surface area contributed by atoms with Crippen molar-refractivity contribution in [1.29, 1.82) is 0 Å². The second-order valence-electron chi connectivity index (χ2n) is 6.16. The van der Waals surface area contributed by atoms with Crippen LogP contribution < -0.4 is 15.8 Å². The molecule has 1 atom stereocenters. The Morgan fingerprint density at radius 3 is 2.81 bits per heavy atom. The quantitative estimate of drug-likeness (QED) is 0.737. The van der Waals surface area contributed by atoms with E-state index < -0.39 is 0 Å². The fourth-order valence-corrected chi connectivity index (χ4v) is 3.11. The Labute approximate surface area is 157 Å². The first-order valence-corrected chi connectivity index (χ1v) is 8.45. The number of hydrogen-bond donors (Lipinski definition) is 2. The van der Waals surface area contributed by atoms with Crippen molar-refractivity contribution in [1.82, 2.24) is 15.1 Å². The molecule has 26 heavy (non-hydrogen) atoms. The predicted octanol–water partition coefficient (Wildman–Crippen LogP) is 2.67. The van der Waals surface area contributed by atoms with Crippen LogP contribution in [0.2, 0.25) is 0 Å². The number of amides is 1. The van der Waals surface area contributed by atoms with Crippen molar-refractivity contribution in [2.75, 3.05) is 13.2 Å². The molecule has 1 aliphatic heterocycles. The molecule has 136 valence electrons. The zero-order valence-electron chi connectivity index (χ0n) is 14.2. The van der Waals surface area contributed by atoms with E-state index in [0.29, 0.717) is 24.7 Å². The summed E-state index contributed by atoms with van der Waals surface area (Å²) in [5.41, 5.74) is 7.25. The summed E-state index contributed by atoms with van der Waals surface area (Å²) < 4.78 is 7.24. The number of benzene rings is 2. The van der Waals surface area contributed by atoms with Crippen molar-refractivity contribution >= 4 is 29.1 Å². The predicted molar refractivity (Wildman–Crippen MR) is 103 cm³/mol. The van der Waals surface area contributed by atoms with Gasteiger partial charge in [0.2, 0.25) is 5.88 Å². The van der Waals surface area contributed by atoms with Gasteiger partial charge < -0.3 is 15.8 Å². The van der Waals surface area contributed by atoms with Crippen LogP contribution in [0.1, 0.15) is 28.5 Å². The Bertz CT molecular complexity index is 901. The van der Waals surface area contributed by atoms with E-state index >= 15 is 0 Å². The van der Waals surface area contributed by atoms with Gasteiger partial charge in [0.05, 0.1) is 12.6 Å². The molecule has 1 unspecified atom stereocenters. The molecule has 6 nitrogen and oxygen atoms in total. The lowest BCUT2D eigenvalue weighted by Crippen LogP contribution is -2.33. The van der Waals surface area contributed by atoms with Gasteiger partial charge in [-0.25, -0.2) is 4.68 Å². The molecular formula is C19H21ClN4O2. The summed E-state index contributed by atoms with van der Waals surface area (Å²) in [5.74, 6) is 0.403. The van der Waals surface area contributed by atoms with Crippen LogP contribution in [0.25, 0.3) is 10.8 Å². The monoisotopic (exact) mass is 372 g/mol. The van der Waals surface area contributed by atoms with Gasteiger partial charge in [-0.3, -0.25) is 4.79 Å². The van der Waals surface area contributed by atoms with Crippen LogP contribution >= 0.6 is 12.4 Å². The summed E-state index contributed by atoms with van der Waals surface area (Å²) in [4.78, 5) is 12.6. The summed E-state index contributed by atoms with van der Waals surface area (Å²) in [5, 5.41) is 9.58. The van der Waals surface area contributed by atoms with Crippen molar-refractivity contribution < 1.29 is 9.53 Å². The van der Waals surface area contributed by atoms with E-state index in [9.17, 15) is 4.79 Å². The molecule has 1 amide bonds. The van der Waals surface area contributed by atoms with Crippen LogP contribution in [0.4, 0.5) is 0 Å². The lowest BCUT2D eigenvalue weighted by atomic mass is 10.0. The minimum Gasteiger partial charge on any atom is -0.478 e. The number of nitrogens with two attached hydrogens (primary N) is 1. The van der Waals surface area contributed by atoms with Gasteiger partial charge in [0.25, 0.3) is 5.91 Å². The Balaban J connectivity index is 0.00000196. The van der Waals surface area contributed by atoms with Gasteiger partial charge in [-0.05, 0) is 22.4 Å². The first-order valence-electron chi connectivity index (χ1n) is 8.45. The first kappa shape index (κ1) is 18.2. The number of nitrogens with zero attached hydrogens (tertiary/aromatic N) is 2. The van der Waals surface area contributed by atoms with E-state index in [4.69, 9.17) is 10.5 Å². The Morgan fingerprint density at radius 1 is 1.23 bits per heavy atom. The highest BCUT2D eigenvalue weighted by Gasteiger charge is 2.20. The number of halogens is 1. The van der Waals surface area contributed by atoms with E-state index in [0.717, 1.165) is 29.3 Å². The largest absolute Gasteiger partial charge is 0.478 e. The maximum atomic E-state index is 12.6. The van der Waals surface area contributed by atoms with Crippen molar-refractivity contribution in [3.8, 4) is 5.88 Å². The van der Waals surface area contributed by atoms with E-state index in [2.05, 4.69) is 28.6 Å². The molecule has 7 heteroatoms. The highest BCUT2D eigenvalue weighted by Crippen LogP contribution is 2.22. The van der Waals surface area contributed by atoms with Crippen LogP contribution in [-0.4, -0.2) is 28.8 Å². The number of aromatic nitrogens is 2. The molecule has 0 spiro atoms. The molecule has 4 rings (SSSR count). The zero-order chi connectivity index (χ0) is 17.2. The van der Waals surface area contributed by atoms with E-state index in [1.165, 1.54) is 0 Å². The summed E-state index contributed by atoms with van der Waals surface area (Å²) in [6, 6.07) is 15.6. The van der Waals surface area contributed by atoms with Crippen LogP contribution in [0, 0.1) is 0 Å². The summed E-state index contributed by atoms with van der Waals surface area (Å²) in [6.07, 6.45) is 0.901. The summed E-state index contributed by atoms with van der Waals surface area (Å²) in [7, 11) is 0. The van der Waals surface area contributed by atoms with Gasteiger partial charge in [0.15, 0.2) is 5.69 Å². The molecule has 1 aliphatic rings. The molecule has 3 N–H and O–H groups in total. The number of carbonyl (C=O) groups is 1. The maximum absolute atomic E-state index is 12.6. The second-order valence-corrected chi connectivity index (χ2v) is 6.16. The second kappa shape index (κ2) is 7.76. The third kappa shape index (κ3) is 3.52. The molecule has 3 aromatic rings. The maximum Gasteiger partial charge on any atom is 0.272 e. The van der Waals surface area contributed by atoms with Crippen LogP contribution in [0.15, 0.2) is 48.5 Å².